The van der Waals surface area contributed by atoms with E-state index in [2.05, 4.69) is 26.6 Å². The summed E-state index contributed by atoms with van der Waals surface area (Å²) in [5, 5.41) is 24.8. The largest absolute Gasteiger partial charge is 0.478 e. The lowest BCUT2D eigenvalue weighted by atomic mass is 10.1. The summed E-state index contributed by atoms with van der Waals surface area (Å²) in [4.78, 5) is 37.4. The van der Waals surface area contributed by atoms with Gasteiger partial charge in [0.2, 0.25) is 5.91 Å². The molecule has 1 aromatic heterocycles. The highest BCUT2D eigenvalue weighted by molar-refractivity contribution is 9.10. The molecule has 8 nitrogen and oxygen atoms in total. The van der Waals surface area contributed by atoms with Crippen LogP contribution in [0.3, 0.4) is 0 Å². The van der Waals surface area contributed by atoms with Crippen molar-refractivity contribution < 1.29 is 19.5 Å². The molecule has 0 aliphatic heterocycles. The number of aryl methyl sites for hydroxylation is 1. The Kier molecular flexibility index (Phi) is 6.66. The number of nitrogens with zero attached hydrogens (tertiary/aromatic N) is 2. The van der Waals surface area contributed by atoms with Crippen molar-refractivity contribution in [3.63, 3.8) is 0 Å². The first kappa shape index (κ1) is 23.7. The van der Waals surface area contributed by atoms with E-state index in [1.807, 2.05) is 36.4 Å². The first-order chi connectivity index (χ1) is 16.8. The van der Waals surface area contributed by atoms with Gasteiger partial charge in [-0.15, -0.1) is 0 Å². The molecule has 0 radical (unpaired) electrons. The third-order valence-corrected chi connectivity index (χ3v) is 6.17. The number of halogens is 1. The maximum absolute atomic E-state index is 13.1. The number of fused-ring (bicyclic) bond motifs is 1. The highest BCUT2D eigenvalue weighted by Gasteiger charge is 2.21. The monoisotopic (exact) mass is 530 g/mol. The third-order valence-electron chi connectivity index (χ3n) is 5.48. The number of anilines is 2. The Balaban J connectivity index is 1.66. The van der Waals surface area contributed by atoms with E-state index < -0.39 is 11.9 Å². The van der Waals surface area contributed by atoms with Crippen molar-refractivity contribution in [3.05, 3.63) is 93.6 Å². The highest BCUT2D eigenvalue weighted by atomic mass is 79.9. The molecule has 0 fully saturated rings. The topological polar surface area (TPSA) is 124 Å². The molecule has 35 heavy (non-hydrogen) atoms. The molecule has 1 heterocycles. The van der Waals surface area contributed by atoms with E-state index in [0.29, 0.717) is 16.6 Å². The summed E-state index contributed by atoms with van der Waals surface area (Å²) in [6, 6.07) is 20.5. The summed E-state index contributed by atoms with van der Waals surface area (Å²) >= 11 is 3.49. The standard InChI is InChI=1S/C26H19BrN4O4/c1-31-22(25(33)30-20-9-7-16(14-28)11-18(20)26(34)35)13-17-19(27)8-10-21(24(17)31)29-23(32)12-15-5-3-2-4-6-15/h2-11,13H,12H2,1H3,(H,29,32)(H,30,33)(H,34,35). The lowest BCUT2D eigenvalue weighted by molar-refractivity contribution is -0.115. The van der Waals surface area contributed by atoms with Gasteiger partial charge in [0.25, 0.3) is 5.91 Å². The molecule has 0 aliphatic carbocycles. The molecule has 2 amide bonds. The number of nitriles is 1. The number of carboxylic acids is 1. The SMILES string of the molecule is Cn1c(C(=O)Nc2ccc(C#N)cc2C(=O)O)cc2c(Br)ccc(NC(=O)Cc3ccccc3)c21. The van der Waals surface area contributed by atoms with Crippen LogP contribution in [0.15, 0.2) is 71.2 Å². The number of hydrogen-bond donors (Lipinski definition) is 3. The molecule has 4 aromatic rings. The Bertz CT molecular complexity index is 1520. The summed E-state index contributed by atoms with van der Waals surface area (Å²) in [6.45, 7) is 0. The maximum Gasteiger partial charge on any atom is 0.337 e. The first-order valence-corrected chi connectivity index (χ1v) is 11.3. The highest BCUT2D eigenvalue weighted by Crippen LogP contribution is 2.33. The van der Waals surface area contributed by atoms with Gasteiger partial charge >= 0.3 is 5.97 Å². The second-order valence-corrected chi connectivity index (χ2v) is 8.64. The van der Waals surface area contributed by atoms with E-state index in [-0.39, 0.29) is 34.8 Å². The minimum absolute atomic E-state index is 0.0715. The van der Waals surface area contributed by atoms with Crippen molar-refractivity contribution in [2.45, 2.75) is 6.42 Å². The Morgan fingerprint density at radius 2 is 1.71 bits per heavy atom. The molecule has 0 atom stereocenters. The van der Waals surface area contributed by atoms with Crippen molar-refractivity contribution in [1.82, 2.24) is 4.57 Å². The molecule has 3 aromatic carbocycles. The number of carbonyl (C=O) groups excluding carboxylic acids is 2. The number of aromatic carboxylic acids is 1. The zero-order valence-electron chi connectivity index (χ0n) is 18.5. The van der Waals surface area contributed by atoms with Gasteiger partial charge in [0.1, 0.15) is 5.69 Å². The molecule has 174 valence electrons. The fourth-order valence-corrected chi connectivity index (χ4v) is 4.25. The normalized spacial score (nSPS) is 10.5. The van der Waals surface area contributed by atoms with Crippen molar-refractivity contribution in [2.75, 3.05) is 10.6 Å². The van der Waals surface area contributed by atoms with E-state index in [9.17, 15) is 19.5 Å². The van der Waals surface area contributed by atoms with E-state index in [4.69, 9.17) is 5.26 Å². The molecular formula is C26H19BrN4O4. The number of amides is 2. The van der Waals surface area contributed by atoms with Gasteiger partial charge in [-0.25, -0.2) is 4.79 Å². The number of aromatic nitrogens is 1. The Hall–Kier alpha value is -4.42. The van der Waals surface area contributed by atoms with Crippen LogP contribution in [0.1, 0.15) is 32.0 Å². The number of nitrogens with one attached hydrogen (secondary N) is 2. The van der Waals surface area contributed by atoms with Gasteiger partial charge < -0.3 is 20.3 Å². The zero-order valence-corrected chi connectivity index (χ0v) is 20.1. The smallest absolute Gasteiger partial charge is 0.337 e. The van der Waals surface area contributed by atoms with Crippen LogP contribution < -0.4 is 10.6 Å². The molecule has 0 saturated heterocycles. The molecule has 9 heteroatoms. The molecule has 0 unspecified atom stereocenters. The van der Waals surface area contributed by atoms with Crippen LogP contribution in [0.5, 0.6) is 0 Å². The average Bonchev–Trinajstić information content (AvgIpc) is 3.20. The van der Waals surface area contributed by atoms with Crippen LogP contribution in [0.25, 0.3) is 10.9 Å². The van der Waals surface area contributed by atoms with Crippen LogP contribution in [0.4, 0.5) is 11.4 Å². The Morgan fingerprint density at radius 1 is 1.00 bits per heavy atom. The van der Waals surface area contributed by atoms with Gasteiger partial charge in [0.15, 0.2) is 0 Å². The van der Waals surface area contributed by atoms with E-state index >= 15 is 0 Å². The van der Waals surface area contributed by atoms with Gasteiger partial charge in [-0.05, 0) is 42.0 Å². The van der Waals surface area contributed by atoms with Crippen LogP contribution in [0.2, 0.25) is 0 Å². The molecule has 0 bridgehead atoms. The fourth-order valence-electron chi connectivity index (χ4n) is 3.82. The zero-order chi connectivity index (χ0) is 25.1. The molecule has 0 spiro atoms. The van der Waals surface area contributed by atoms with Crippen LogP contribution >= 0.6 is 15.9 Å². The van der Waals surface area contributed by atoms with E-state index in [1.54, 1.807) is 29.8 Å². The predicted molar refractivity (Wildman–Crippen MR) is 135 cm³/mol. The maximum atomic E-state index is 13.1. The van der Waals surface area contributed by atoms with Crippen LogP contribution in [0, 0.1) is 11.3 Å². The van der Waals surface area contributed by atoms with Crippen molar-refractivity contribution in [3.8, 4) is 6.07 Å². The summed E-state index contributed by atoms with van der Waals surface area (Å²) in [5.41, 5.74) is 2.35. The van der Waals surface area contributed by atoms with Gasteiger partial charge in [-0.1, -0.05) is 46.3 Å². The van der Waals surface area contributed by atoms with E-state index in [1.165, 1.54) is 18.2 Å². The minimum Gasteiger partial charge on any atom is -0.478 e. The number of carboxylic acid groups (broad SMARTS) is 1. The van der Waals surface area contributed by atoms with Crippen LogP contribution in [-0.4, -0.2) is 27.5 Å². The molecule has 0 aliphatic rings. The van der Waals surface area contributed by atoms with E-state index in [0.717, 1.165) is 10.0 Å². The van der Waals surface area contributed by atoms with Crippen molar-refractivity contribution in [2.24, 2.45) is 7.05 Å². The Labute approximate surface area is 208 Å². The minimum atomic E-state index is -1.26. The number of carbonyl (C=O) groups is 3. The fraction of sp³-hybridized carbons (Fsp3) is 0.0769. The van der Waals surface area contributed by atoms with Crippen molar-refractivity contribution >= 4 is 56.0 Å². The second kappa shape index (κ2) is 9.83. The summed E-state index contributed by atoms with van der Waals surface area (Å²) in [5.74, 6) is -2.00. The second-order valence-electron chi connectivity index (χ2n) is 7.79. The Morgan fingerprint density at radius 3 is 2.40 bits per heavy atom. The van der Waals surface area contributed by atoms with Gasteiger partial charge in [-0.3, -0.25) is 9.59 Å². The quantitative estimate of drug-likeness (QED) is 0.325. The summed E-state index contributed by atoms with van der Waals surface area (Å²) < 4.78 is 2.37. The van der Waals surface area contributed by atoms with Crippen LogP contribution in [-0.2, 0) is 18.3 Å². The molecule has 3 N–H and O–H groups in total. The summed E-state index contributed by atoms with van der Waals surface area (Å²) in [7, 11) is 1.69. The average molecular weight is 531 g/mol. The molecule has 4 rings (SSSR count). The summed E-state index contributed by atoms with van der Waals surface area (Å²) in [6.07, 6.45) is 0.201. The van der Waals surface area contributed by atoms with Gasteiger partial charge in [0, 0.05) is 16.9 Å². The third kappa shape index (κ3) is 4.93. The lowest BCUT2D eigenvalue weighted by Gasteiger charge is -2.12. The number of benzene rings is 3. The van der Waals surface area contributed by atoms with Gasteiger partial charge in [0.05, 0.1) is 40.5 Å². The molecule has 0 saturated carbocycles. The van der Waals surface area contributed by atoms with Crippen molar-refractivity contribution in [1.29, 1.82) is 5.26 Å². The predicted octanol–water partition coefficient (Wildman–Crippen LogP) is 4.94. The number of hydrogen-bond acceptors (Lipinski definition) is 4. The molecular weight excluding hydrogens is 512 g/mol. The lowest BCUT2D eigenvalue weighted by Crippen LogP contribution is -2.18. The van der Waals surface area contributed by atoms with Gasteiger partial charge in [-0.2, -0.15) is 5.26 Å². The number of rotatable bonds is 6. The first-order valence-electron chi connectivity index (χ1n) is 10.5.